The molecular formula is C14H26N2O. The van der Waals surface area contributed by atoms with E-state index in [9.17, 15) is 0 Å². The van der Waals surface area contributed by atoms with Crippen molar-refractivity contribution < 1.29 is 4.42 Å². The second-order valence-electron chi connectivity index (χ2n) is 5.34. The topological polar surface area (TPSA) is 28.4 Å². The van der Waals surface area contributed by atoms with Crippen molar-refractivity contribution in [2.45, 2.75) is 59.8 Å². The molecule has 0 amide bonds. The molecule has 0 saturated heterocycles. The van der Waals surface area contributed by atoms with Crippen molar-refractivity contribution in [3.8, 4) is 0 Å². The number of rotatable bonds is 6. The summed E-state index contributed by atoms with van der Waals surface area (Å²) in [5, 5.41) is 3.42. The average Bonchev–Trinajstić information content (AvgIpc) is 2.55. The molecule has 1 aromatic rings. The Balaban J connectivity index is 2.61. The molecular weight excluding hydrogens is 212 g/mol. The number of nitrogens with one attached hydrogen (secondary N) is 1. The highest BCUT2D eigenvalue weighted by atomic mass is 16.3. The molecule has 0 aromatic carbocycles. The van der Waals surface area contributed by atoms with Gasteiger partial charge in [-0.1, -0.05) is 13.8 Å². The van der Waals surface area contributed by atoms with E-state index in [1.54, 1.807) is 0 Å². The van der Waals surface area contributed by atoms with Crippen LogP contribution >= 0.6 is 0 Å². The van der Waals surface area contributed by atoms with E-state index in [4.69, 9.17) is 4.42 Å². The van der Waals surface area contributed by atoms with E-state index in [1.165, 1.54) is 5.56 Å². The summed E-state index contributed by atoms with van der Waals surface area (Å²) >= 11 is 0. The number of aryl methyl sites for hydroxylation is 1. The molecule has 0 saturated carbocycles. The summed E-state index contributed by atoms with van der Waals surface area (Å²) in [7, 11) is 2.12. The van der Waals surface area contributed by atoms with Gasteiger partial charge in [-0.25, -0.2) is 0 Å². The molecule has 1 aromatic heterocycles. The second-order valence-corrected chi connectivity index (χ2v) is 5.34. The zero-order chi connectivity index (χ0) is 13.0. The van der Waals surface area contributed by atoms with Crippen molar-refractivity contribution in [3.63, 3.8) is 0 Å². The first-order chi connectivity index (χ1) is 7.90. The van der Waals surface area contributed by atoms with Crippen LogP contribution in [0.5, 0.6) is 0 Å². The normalized spacial score (nSPS) is 12.1. The smallest absolute Gasteiger partial charge is 0.118 e. The molecule has 0 aliphatic carbocycles. The molecule has 3 nitrogen and oxygen atoms in total. The Labute approximate surface area is 105 Å². The third-order valence-electron chi connectivity index (χ3n) is 3.06. The first-order valence-corrected chi connectivity index (χ1v) is 6.42. The SMILES string of the molecule is Cc1oc(CN(C)C(C)C)cc1CNC(C)C. The van der Waals surface area contributed by atoms with Crippen LogP contribution in [0.25, 0.3) is 0 Å². The summed E-state index contributed by atoms with van der Waals surface area (Å²) < 4.78 is 5.79. The van der Waals surface area contributed by atoms with Crippen LogP contribution < -0.4 is 5.32 Å². The molecule has 17 heavy (non-hydrogen) atoms. The Morgan fingerprint density at radius 2 is 1.94 bits per heavy atom. The van der Waals surface area contributed by atoms with Gasteiger partial charge >= 0.3 is 0 Å². The second kappa shape index (κ2) is 6.22. The minimum atomic E-state index is 0.506. The van der Waals surface area contributed by atoms with Crippen molar-refractivity contribution in [2.75, 3.05) is 7.05 Å². The summed E-state index contributed by atoms with van der Waals surface area (Å²) in [4.78, 5) is 2.28. The van der Waals surface area contributed by atoms with Crippen molar-refractivity contribution in [3.05, 3.63) is 23.2 Å². The molecule has 0 atom stereocenters. The lowest BCUT2D eigenvalue weighted by Crippen LogP contribution is -2.25. The summed E-state index contributed by atoms with van der Waals surface area (Å²) in [6.45, 7) is 12.5. The number of hydrogen-bond acceptors (Lipinski definition) is 3. The van der Waals surface area contributed by atoms with Crippen molar-refractivity contribution in [1.29, 1.82) is 0 Å². The van der Waals surface area contributed by atoms with Gasteiger partial charge in [0.1, 0.15) is 11.5 Å². The lowest BCUT2D eigenvalue weighted by Gasteiger charge is -2.19. The standard InChI is InChI=1S/C14H26N2O/c1-10(2)15-8-13-7-14(17-12(13)5)9-16(6)11(3)4/h7,10-11,15H,8-9H2,1-6H3. The van der Waals surface area contributed by atoms with Crippen molar-refractivity contribution >= 4 is 0 Å². The van der Waals surface area contributed by atoms with Gasteiger partial charge in [0.15, 0.2) is 0 Å². The Morgan fingerprint density at radius 3 is 2.47 bits per heavy atom. The van der Waals surface area contributed by atoms with Gasteiger partial charge in [0.05, 0.1) is 6.54 Å². The molecule has 1 N–H and O–H groups in total. The maximum absolute atomic E-state index is 5.79. The molecule has 0 bridgehead atoms. The highest BCUT2D eigenvalue weighted by Crippen LogP contribution is 2.16. The zero-order valence-electron chi connectivity index (χ0n) is 12.0. The van der Waals surface area contributed by atoms with Gasteiger partial charge in [-0.05, 0) is 33.9 Å². The Kier molecular flexibility index (Phi) is 5.22. The van der Waals surface area contributed by atoms with Gasteiger partial charge < -0.3 is 9.73 Å². The fourth-order valence-electron chi connectivity index (χ4n) is 1.58. The predicted octanol–water partition coefficient (Wildman–Crippen LogP) is 2.93. The van der Waals surface area contributed by atoms with Crippen LogP contribution in [0.2, 0.25) is 0 Å². The number of hydrogen-bond donors (Lipinski definition) is 1. The molecule has 0 unspecified atom stereocenters. The summed E-state index contributed by atoms with van der Waals surface area (Å²) in [5.41, 5.74) is 1.27. The summed E-state index contributed by atoms with van der Waals surface area (Å²) in [5.74, 6) is 2.09. The Hall–Kier alpha value is -0.800. The molecule has 0 aliphatic rings. The number of nitrogens with zero attached hydrogens (tertiary/aromatic N) is 1. The average molecular weight is 238 g/mol. The lowest BCUT2D eigenvalue weighted by molar-refractivity contribution is 0.242. The molecule has 0 fully saturated rings. The first kappa shape index (κ1) is 14.3. The van der Waals surface area contributed by atoms with Crippen LogP contribution in [0.3, 0.4) is 0 Å². The number of furan rings is 1. The molecule has 1 rings (SSSR count). The molecule has 0 aliphatic heterocycles. The van der Waals surface area contributed by atoms with E-state index in [0.29, 0.717) is 12.1 Å². The van der Waals surface area contributed by atoms with Crippen LogP contribution in [0.4, 0.5) is 0 Å². The monoisotopic (exact) mass is 238 g/mol. The fourth-order valence-corrected chi connectivity index (χ4v) is 1.58. The predicted molar refractivity (Wildman–Crippen MR) is 72.0 cm³/mol. The quantitative estimate of drug-likeness (QED) is 0.826. The molecule has 3 heteroatoms. The van der Waals surface area contributed by atoms with Crippen LogP contribution in [0.1, 0.15) is 44.8 Å². The molecule has 1 heterocycles. The minimum absolute atomic E-state index is 0.506. The van der Waals surface area contributed by atoms with E-state index in [1.807, 2.05) is 6.92 Å². The van der Waals surface area contributed by atoms with Crippen molar-refractivity contribution in [1.82, 2.24) is 10.2 Å². The van der Waals surface area contributed by atoms with Gasteiger partial charge in [-0.3, -0.25) is 4.90 Å². The maximum atomic E-state index is 5.79. The van der Waals surface area contributed by atoms with Crippen LogP contribution in [0.15, 0.2) is 10.5 Å². The van der Waals surface area contributed by atoms with Crippen molar-refractivity contribution in [2.24, 2.45) is 0 Å². The van der Waals surface area contributed by atoms with Crippen LogP contribution in [0, 0.1) is 6.92 Å². The van der Waals surface area contributed by atoms with Crippen LogP contribution in [-0.2, 0) is 13.1 Å². The Bertz CT molecular complexity index is 342. The highest BCUT2D eigenvalue weighted by molar-refractivity contribution is 5.20. The van der Waals surface area contributed by atoms with Gasteiger partial charge in [0.2, 0.25) is 0 Å². The van der Waals surface area contributed by atoms with E-state index >= 15 is 0 Å². The van der Waals surface area contributed by atoms with E-state index in [0.717, 1.165) is 24.6 Å². The highest BCUT2D eigenvalue weighted by Gasteiger charge is 2.11. The third-order valence-corrected chi connectivity index (χ3v) is 3.06. The lowest BCUT2D eigenvalue weighted by atomic mass is 10.2. The fraction of sp³-hybridized carbons (Fsp3) is 0.714. The first-order valence-electron chi connectivity index (χ1n) is 6.42. The minimum Gasteiger partial charge on any atom is -0.465 e. The summed E-state index contributed by atoms with van der Waals surface area (Å²) in [6.07, 6.45) is 0. The van der Waals surface area contributed by atoms with Gasteiger partial charge in [0, 0.05) is 24.2 Å². The van der Waals surface area contributed by atoms with E-state index < -0.39 is 0 Å². The largest absolute Gasteiger partial charge is 0.465 e. The van der Waals surface area contributed by atoms with Gasteiger partial charge in [-0.15, -0.1) is 0 Å². The van der Waals surface area contributed by atoms with Gasteiger partial charge in [-0.2, -0.15) is 0 Å². The van der Waals surface area contributed by atoms with Crippen LogP contribution in [-0.4, -0.2) is 24.0 Å². The van der Waals surface area contributed by atoms with E-state index in [-0.39, 0.29) is 0 Å². The molecule has 0 spiro atoms. The summed E-state index contributed by atoms with van der Waals surface area (Å²) in [6, 6.07) is 3.22. The molecule has 98 valence electrons. The zero-order valence-corrected chi connectivity index (χ0v) is 12.0. The van der Waals surface area contributed by atoms with Gasteiger partial charge in [0.25, 0.3) is 0 Å². The Morgan fingerprint density at radius 1 is 1.29 bits per heavy atom. The molecule has 0 radical (unpaired) electrons. The van der Waals surface area contributed by atoms with E-state index in [2.05, 4.69) is 51.0 Å². The third kappa shape index (κ3) is 4.52. The maximum Gasteiger partial charge on any atom is 0.118 e.